The first-order chi connectivity index (χ1) is 9.15. The fourth-order valence-electron chi connectivity index (χ4n) is 2.47. The first-order valence-corrected chi connectivity index (χ1v) is 7.27. The van der Waals surface area contributed by atoms with Gasteiger partial charge in [-0.1, -0.05) is 0 Å². The van der Waals surface area contributed by atoms with Gasteiger partial charge in [-0.15, -0.1) is 0 Å². The van der Waals surface area contributed by atoms with Gasteiger partial charge in [0.05, 0.1) is 17.8 Å². The molecular weight excluding hydrogens is 240 g/mol. The monoisotopic (exact) mass is 266 g/mol. The lowest BCUT2D eigenvalue weighted by atomic mass is 10.0. The fourth-order valence-corrected chi connectivity index (χ4v) is 2.47. The first-order valence-electron chi connectivity index (χ1n) is 7.27. The minimum Gasteiger partial charge on any atom is -0.377 e. The van der Waals surface area contributed by atoms with Crippen molar-refractivity contribution in [2.24, 2.45) is 11.8 Å². The lowest BCUT2D eigenvalue weighted by molar-refractivity contribution is 0.0189. The van der Waals surface area contributed by atoms with Crippen LogP contribution in [0, 0.1) is 5.92 Å². The van der Waals surface area contributed by atoms with Crippen molar-refractivity contribution in [2.45, 2.75) is 58.2 Å². The molecular formula is C14H26N4O. The van der Waals surface area contributed by atoms with Crippen LogP contribution in [0.4, 0.5) is 0 Å². The number of hydrogen-bond acceptors (Lipinski definition) is 4. The van der Waals surface area contributed by atoms with Crippen LogP contribution in [0.1, 0.15) is 45.3 Å². The molecule has 1 aliphatic carbocycles. The van der Waals surface area contributed by atoms with E-state index in [1.54, 1.807) is 0 Å². The van der Waals surface area contributed by atoms with Gasteiger partial charge in [0.15, 0.2) is 0 Å². The topological polar surface area (TPSA) is 65.1 Å². The molecule has 5 nitrogen and oxygen atoms in total. The highest BCUT2D eigenvalue weighted by molar-refractivity contribution is 5.04. The SMILES string of the molecule is CCOC(C1CC1)C(Cc1ccn(C(C)C)n1)NN. The van der Waals surface area contributed by atoms with Crippen LogP contribution in [0.2, 0.25) is 0 Å². The number of ether oxygens (including phenoxy) is 1. The first kappa shape index (κ1) is 14.5. The number of rotatable bonds is 8. The van der Waals surface area contributed by atoms with Gasteiger partial charge >= 0.3 is 0 Å². The lowest BCUT2D eigenvalue weighted by Gasteiger charge is -2.26. The molecule has 2 rings (SSSR count). The molecule has 0 bridgehead atoms. The largest absolute Gasteiger partial charge is 0.377 e. The molecule has 1 saturated carbocycles. The number of nitrogens with two attached hydrogens (primary N) is 1. The minimum absolute atomic E-state index is 0.142. The molecule has 2 unspecified atom stereocenters. The van der Waals surface area contributed by atoms with E-state index >= 15 is 0 Å². The number of aromatic nitrogens is 2. The Morgan fingerprint density at radius 1 is 1.53 bits per heavy atom. The van der Waals surface area contributed by atoms with Gasteiger partial charge in [0.25, 0.3) is 0 Å². The summed E-state index contributed by atoms with van der Waals surface area (Å²) >= 11 is 0. The van der Waals surface area contributed by atoms with Gasteiger partial charge in [-0.3, -0.25) is 16.0 Å². The normalized spacial score (nSPS) is 18.8. The summed E-state index contributed by atoms with van der Waals surface area (Å²) in [6, 6.07) is 2.60. The fraction of sp³-hybridized carbons (Fsp3) is 0.786. The molecule has 108 valence electrons. The van der Waals surface area contributed by atoms with Crippen LogP contribution in [0.5, 0.6) is 0 Å². The highest BCUT2D eigenvalue weighted by Gasteiger charge is 2.37. The van der Waals surface area contributed by atoms with Gasteiger partial charge in [0, 0.05) is 25.3 Å². The summed E-state index contributed by atoms with van der Waals surface area (Å²) in [6.07, 6.45) is 5.56. The molecule has 0 spiro atoms. The van der Waals surface area contributed by atoms with E-state index in [1.165, 1.54) is 12.8 Å². The van der Waals surface area contributed by atoms with Crippen LogP contribution in [0.25, 0.3) is 0 Å². The van der Waals surface area contributed by atoms with Crippen molar-refractivity contribution in [3.63, 3.8) is 0 Å². The number of hydrazine groups is 1. The van der Waals surface area contributed by atoms with E-state index in [2.05, 4.69) is 30.4 Å². The summed E-state index contributed by atoms with van der Waals surface area (Å²) < 4.78 is 7.85. The average molecular weight is 266 g/mol. The predicted molar refractivity (Wildman–Crippen MR) is 75.6 cm³/mol. The third kappa shape index (κ3) is 3.78. The van der Waals surface area contributed by atoms with Crippen LogP contribution in [-0.2, 0) is 11.2 Å². The Bertz CT molecular complexity index is 387. The third-order valence-corrected chi connectivity index (χ3v) is 3.68. The summed E-state index contributed by atoms with van der Waals surface area (Å²) in [5, 5.41) is 4.59. The van der Waals surface area contributed by atoms with E-state index in [0.717, 1.165) is 18.7 Å². The van der Waals surface area contributed by atoms with Gasteiger partial charge in [-0.2, -0.15) is 5.10 Å². The standard InChI is InChI=1S/C14H26N4O/c1-4-19-14(11-5-6-11)13(16-15)9-12-7-8-18(17-12)10(2)3/h7-8,10-11,13-14,16H,4-6,9,15H2,1-3H3. The predicted octanol–water partition coefficient (Wildman–Crippen LogP) is 1.65. The summed E-state index contributed by atoms with van der Waals surface area (Å²) in [7, 11) is 0. The maximum atomic E-state index is 5.87. The van der Waals surface area contributed by atoms with Crippen LogP contribution < -0.4 is 11.3 Å². The molecule has 1 fully saturated rings. The quantitative estimate of drug-likeness (QED) is 0.555. The number of nitrogens with zero attached hydrogens (tertiary/aromatic N) is 2. The van der Waals surface area contributed by atoms with Crippen molar-refractivity contribution < 1.29 is 4.74 Å². The molecule has 0 radical (unpaired) electrons. The van der Waals surface area contributed by atoms with E-state index in [4.69, 9.17) is 10.6 Å². The van der Waals surface area contributed by atoms with E-state index in [-0.39, 0.29) is 12.1 Å². The maximum absolute atomic E-state index is 5.87. The van der Waals surface area contributed by atoms with Crippen molar-refractivity contribution in [2.75, 3.05) is 6.61 Å². The van der Waals surface area contributed by atoms with Crippen molar-refractivity contribution in [1.29, 1.82) is 0 Å². The third-order valence-electron chi connectivity index (χ3n) is 3.68. The average Bonchev–Trinajstić information content (AvgIpc) is 3.12. The zero-order chi connectivity index (χ0) is 13.8. The second-order valence-corrected chi connectivity index (χ2v) is 5.62. The van der Waals surface area contributed by atoms with Crippen LogP contribution in [-0.4, -0.2) is 28.5 Å². The summed E-state index contributed by atoms with van der Waals surface area (Å²) in [4.78, 5) is 0. The summed E-state index contributed by atoms with van der Waals surface area (Å²) in [5.74, 6) is 6.38. The molecule has 19 heavy (non-hydrogen) atoms. The van der Waals surface area contributed by atoms with Gasteiger partial charge in [-0.05, 0) is 45.6 Å². The van der Waals surface area contributed by atoms with Gasteiger partial charge < -0.3 is 4.74 Å². The van der Waals surface area contributed by atoms with E-state index in [9.17, 15) is 0 Å². The zero-order valence-corrected chi connectivity index (χ0v) is 12.2. The lowest BCUT2D eigenvalue weighted by Crippen LogP contribution is -2.47. The summed E-state index contributed by atoms with van der Waals surface area (Å²) in [5.41, 5.74) is 3.99. The van der Waals surface area contributed by atoms with Crippen molar-refractivity contribution in [3.8, 4) is 0 Å². The second-order valence-electron chi connectivity index (χ2n) is 5.62. The molecule has 3 N–H and O–H groups in total. The molecule has 5 heteroatoms. The van der Waals surface area contributed by atoms with Crippen molar-refractivity contribution in [3.05, 3.63) is 18.0 Å². The summed E-state index contributed by atoms with van der Waals surface area (Å²) in [6.45, 7) is 7.03. The van der Waals surface area contributed by atoms with Gasteiger partial charge in [0.1, 0.15) is 0 Å². The van der Waals surface area contributed by atoms with E-state index in [0.29, 0.717) is 12.0 Å². The smallest absolute Gasteiger partial charge is 0.0773 e. The van der Waals surface area contributed by atoms with Gasteiger partial charge in [0.2, 0.25) is 0 Å². The van der Waals surface area contributed by atoms with Crippen LogP contribution >= 0.6 is 0 Å². The second kappa shape index (κ2) is 6.50. The Labute approximate surface area is 115 Å². The molecule has 0 aliphatic heterocycles. The highest BCUT2D eigenvalue weighted by Crippen LogP contribution is 2.36. The molecule has 1 aromatic heterocycles. The van der Waals surface area contributed by atoms with E-state index in [1.807, 2.05) is 17.8 Å². The van der Waals surface area contributed by atoms with Gasteiger partial charge in [-0.25, -0.2) is 0 Å². The molecule has 0 saturated heterocycles. The minimum atomic E-state index is 0.142. The zero-order valence-electron chi connectivity index (χ0n) is 12.2. The van der Waals surface area contributed by atoms with E-state index < -0.39 is 0 Å². The molecule has 2 atom stereocenters. The highest BCUT2D eigenvalue weighted by atomic mass is 16.5. The van der Waals surface area contributed by atoms with Crippen LogP contribution in [0.15, 0.2) is 12.3 Å². The Kier molecular flexibility index (Phi) is 4.96. The molecule has 1 aliphatic rings. The molecule has 1 heterocycles. The van der Waals surface area contributed by atoms with Crippen LogP contribution in [0.3, 0.4) is 0 Å². The maximum Gasteiger partial charge on any atom is 0.0773 e. The van der Waals surface area contributed by atoms with Crippen molar-refractivity contribution in [1.82, 2.24) is 15.2 Å². The Balaban J connectivity index is 2.00. The van der Waals surface area contributed by atoms with Crippen molar-refractivity contribution >= 4 is 0 Å². The Hall–Kier alpha value is -0.910. The Morgan fingerprint density at radius 2 is 2.26 bits per heavy atom. The number of hydrogen-bond donors (Lipinski definition) is 2. The molecule has 0 amide bonds. The molecule has 0 aromatic carbocycles. The Morgan fingerprint density at radius 3 is 2.74 bits per heavy atom. The number of nitrogens with one attached hydrogen (secondary N) is 1. The molecule has 1 aromatic rings.